The second-order valence-corrected chi connectivity index (χ2v) is 5.78. The molecule has 106 valence electrons. The van der Waals surface area contributed by atoms with Crippen LogP contribution in [0, 0.1) is 0 Å². The third-order valence-corrected chi connectivity index (χ3v) is 4.65. The number of esters is 1. The quantitative estimate of drug-likeness (QED) is 0.832. The maximum absolute atomic E-state index is 12.1. The number of fused-ring (bicyclic) bond motifs is 3. The Morgan fingerprint density at radius 3 is 3.00 bits per heavy atom. The van der Waals surface area contributed by atoms with Crippen molar-refractivity contribution in [2.24, 2.45) is 0 Å². The lowest BCUT2D eigenvalue weighted by atomic mass is 9.87. The molecule has 1 heterocycles. The molecular formula is C15H15Cl2NO2. The molecule has 0 saturated carbocycles. The molecule has 0 saturated heterocycles. The minimum Gasteiger partial charge on any atom is -0.465 e. The van der Waals surface area contributed by atoms with E-state index >= 15 is 0 Å². The number of aromatic amines is 1. The summed E-state index contributed by atoms with van der Waals surface area (Å²) in [4.78, 5) is 15.4. The van der Waals surface area contributed by atoms with Crippen molar-refractivity contribution in [3.63, 3.8) is 0 Å². The van der Waals surface area contributed by atoms with Gasteiger partial charge in [0.05, 0.1) is 28.1 Å². The Labute approximate surface area is 127 Å². The van der Waals surface area contributed by atoms with E-state index in [4.69, 9.17) is 27.9 Å². The molecule has 0 aliphatic heterocycles. The fourth-order valence-corrected chi connectivity index (χ4v) is 3.32. The molecule has 0 spiro atoms. The first-order valence-electron chi connectivity index (χ1n) is 6.78. The number of ether oxygens (including phenoxy) is 1. The minimum absolute atomic E-state index is 0.165. The van der Waals surface area contributed by atoms with Gasteiger partial charge in [-0.2, -0.15) is 0 Å². The molecule has 0 amide bonds. The maximum Gasteiger partial charge on any atom is 0.314 e. The van der Waals surface area contributed by atoms with Crippen LogP contribution >= 0.6 is 23.2 Å². The van der Waals surface area contributed by atoms with Crippen molar-refractivity contribution in [1.82, 2.24) is 4.98 Å². The zero-order valence-electron chi connectivity index (χ0n) is 11.1. The molecule has 0 bridgehead atoms. The molecule has 1 unspecified atom stereocenters. The van der Waals surface area contributed by atoms with Crippen LogP contribution in [-0.2, 0) is 16.0 Å². The summed E-state index contributed by atoms with van der Waals surface area (Å²) in [5.74, 6) is -0.386. The molecule has 20 heavy (non-hydrogen) atoms. The third-order valence-electron chi connectivity index (χ3n) is 3.84. The number of carbonyl (C=O) groups is 1. The largest absolute Gasteiger partial charge is 0.465 e. The van der Waals surface area contributed by atoms with E-state index in [1.165, 1.54) is 5.56 Å². The number of H-pyrrole nitrogens is 1. The highest BCUT2D eigenvalue weighted by atomic mass is 35.5. The van der Waals surface area contributed by atoms with E-state index < -0.39 is 0 Å². The Morgan fingerprint density at radius 2 is 2.25 bits per heavy atom. The first kappa shape index (κ1) is 13.8. The van der Waals surface area contributed by atoms with E-state index in [9.17, 15) is 4.79 Å². The van der Waals surface area contributed by atoms with Gasteiger partial charge in [-0.1, -0.05) is 29.3 Å². The van der Waals surface area contributed by atoms with Crippen molar-refractivity contribution in [2.75, 3.05) is 6.61 Å². The number of rotatable bonds is 2. The monoisotopic (exact) mass is 311 g/mol. The van der Waals surface area contributed by atoms with E-state index in [1.54, 1.807) is 6.07 Å². The van der Waals surface area contributed by atoms with Crippen molar-refractivity contribution in [3.05, 3.63) is 33.4 Å². The van der Waals surface area contributed by atoms with Gasteiger partial charge in [-0.25, -0.2) is 0 Å². The topological polar surface area (TPSA) is 42.1 Å². The number of hydrogen-bond donors (Lipinski definition) is 1. The molecule has 0 radical (unpaired) electrons. The molecular weight excluding hydrogens is 297 g/mol. The number of hydrogen-bond acceptors (Lipinski definition) is 2. The van der Waals surface area contributed by atoms with Crippen LogP contribution < -0.4 is 0 Å². The summed E-state index contributed by atoms with van der Waals surface area (Å²) >= 11 is 12.3. The van der Waals surface area contributed by atoms with Gasteiger partial charge in [0, 0.05) is 11.1 Å². The van der Waals surface area contributed by atoms with E-state index in [1.807, 2.05) is 13.0 Å². The predicted octanol–water partition coefficient (Wildman–Crippen LogP) is 4.46. The first-order chi connectivity index (χ1) is 9.63. The minimum atomic E-state index is -0.221. The molecule has 1 aromatic carbocycles. The summed E-state index contributed by atoms with van der Waals surface area (Å²) in [6, 6.07) is 3.76. The van der Waals surface area contributed by atoms with E-state index in [2.05, 4.69) is 4.98 Å². The summed E-state index contributed by atoms with van der Waals surface area (Å²) in [6.07, 6.45) is 2.73. The van der Waals surface area contributed by atoms with E-state index in [0.29, 0.717) is 16.7 Å². The van der Waals surface area contributed by atoms with Crippen LogP contribution in [0.1, 0.15) is 36.9 Å². The van der Waals surface area contributed by atoms with Crippen LogP contribution in [-0.4, -0.2) is 17.6 Å². The standard InChI is InChI=1S/C15H15Cl2NO2/c1-2-20-15(19)10-5-3-4-8-9-6-7-11(16)12(17)14(9)18-13(8)10/h6-7,10,18H,2-5H2,1H3. The first-order valence-corrected chi connectivity index (χ1v) is 7.54. The van der Waals surface area contributed by atoms with Crippen molar-refractivity contribution in [2.45, 2.75) is 32.1 Å². The Hall–Kier alpha value is -1.19. The van der Waals surface area contributed by atoms with Crippen LogP contribution in [0.3, 0.4) is 0 Å². The number of benzene rings is 1. The van der Waals surface area contributed by atoms with Gasteiger partial charge >= 0.3 is 5.97 Å². The molecule has 1 atom stereocenters. The summed E-state index contributed by atoms with van der Waals surface area (Å²) in [5.41, 5.74) is 2.93. The lowest BCUT2D eigenvalue weighted by Crippen LogP contribution is -2.20. The average Bonchev–Trinajstić information content (AvgIpc) is 2.82. The number of halogens is 2. The summed E-state index contributed by atoms with van der Waals surface area (Å²) in [7, 11) is 0. The van der Waals surface area contributed by atoms with Crippen LogP contribution in [0.2, 0.25) is 10.0 Å². The van der Waals surface area contributed by atoms with Gasteiger partial charge in [0.25, 0.3) is 0 Å². The van der Waals surface area contributed by atoms with Gasteiger partial charge in [-0.05, 0) is 37.8 Å². The lowest BCUT2D eigenvalue weighted by molar-refractivity contribution is -0.145. The molecule has 5 heteroatoms. The van der Waals surface area contributed by atoms with Gasteiger partial charge in [-0.3, -0.25) is 4.79 Å². The molecule has 3 rings (SSSR count). The fraction of sp³-hybridized carbons (Fsp3) is 0.400. The summed E-state index contributed by atoms with van der Waals surface area (Å²) in [5, 5.41) is 2.09. The van der Waals surface area contributed by atoms with Crippen LogP contribution in [0.15, 0.2) is 12.1 Å². The van der Waals surface area contributed by atoms with Crippen molar-refractivity contribution >= 4 is 40.1 Å². The van der Waals surface area contributed by atoms with E-state index in [0.717, 1.165) is 35.9 Å². The third kappa shape index (κ3) is 2.09. The average molecular weight is 312 g/mol. The Kier molecular flexibility index (Phi) is 3.65. The zero-order valence-corrected chi connectivity index (χ0v) is 12.6. The molecule has 1 aliphatic carbocycles. The molecule has 0 fully saturated rings. The number of aryl methyl sites for hydroxylation is 1. The second kappa shape index (κ2) is 5.30. The van der Waals surface area contributed by atoms with Gasteiger partial charge in [0.15, 0.2) is 0 Å². The second-order valence-electron chi connectivity index (χ2n) is 5.00. The van der Waals surface area contributed by atoms with Gasteiger partial charge < -0.3 is 9.72 Å². The molecule has 2 aromatic rings. The number of nitrogens with one attached hydrogen (secondary N) is 1. The van der Waals surface area contributed by atoms with Gasteiger partial charge in [-0.15, -0.1) is 0 Å². The predicted molar refractivity (Wildman–Crippen MR) is 80.6 cm³/mol. The van der Waals surface area contributed by atoms with Crippen molar-refractivity contribution < 1.29 is 9.53 Å². The smallest absolute Gasteiger partial charge is 0.314 e. The molecule has 1 N–H and O–H groups in total. The number of aromatic nitrogens is 1. The maximum atomic E-state index is 12.1. The van der Waals surface area contributed by atoms with Gasteiger partial charge in [0.2, 0.25) is 0 Å². The molecule has 1 aromatic heterocycles. The highest BCUT2D eigenvalue weighted by molar-refractivity contribution is 6.45. The lowest BCUT2D eigenvalue weighted by Gasteiger charge is -2.20. The van der Waals surface area contributed by atoms with E-state index in [-0.39, 0.29) is 11.9 Å². The fourth-order valence-electron chi connectivity index (χ4n) is 2.95. The van der Waals surface area contributed by atoms with Crippen molar-refractivity contribution in [3.8, 4) is 0 Å². The van der Waals surface area contributed by atoms with Crippen LogP contribution in [0.5, 0.6) is 0 Å². The Bertz CT molecular complexity index is 678. The highest BCUT2D eigenvalue weighted by Crippen LogP contribution is 2.40. The summed E-state index contributed by atoms with van der Waals surface area (Å²) in [6.45, 7) is 2.22. The molecule has 3 nitrogen and oxygen atoms in total. The number of carbonyl (C=O) groups excluding carboxylic acids is 1. The zero-order chi connectivity index (χ0) is 14.3. The van der Waals surface area contributed by atoms with Crippen LogP contribution in [0.25, 0.3) is 10.9 Å². The van der Waals surface area contributed by atoms with Crippen molar-refractivity contribution in [1.29, 1.82) is 0 Å². The Balaban J connectivity index is 2.15. The Morgan fingerprint density at radius 1 is 1.45 bits per heavy atom. The van der Waals surface area contributed by atoms with Crippen LogP contribution in [0.4, 0.5) is 0 Å². The highest BCUT2D eigenvalue weighted by Gasteiger charge is 2.31. The van der Waals surface area contributed by atoms with Gasteiger partial charge in [0.1, 0.15) is 0 Å². The SMILES string of the molecule is CCOC(=O)C1CCCc2c1[nH]c1c(Cl)c(Cl)ccc21. The normalized spacial score (nSPS) is 18.1. The summed E-state index contributed by atoms with van der Waals surface area (Å²) < 4.78 is 5.17. The molecule has 1 aliphatic rings.